The quantitative estimate of drug-likeness (QED) is 0.572. The highest BCUT2D eigenvalue weighted by molar-refractivity contribution is 7.26. The summed E-state index contributed by atoms with van der Waals surface area (Å²) in [6.07, 6.45) is 0. The Hall–Kier alpha value is 0.434. The molecule has 0 aromatic carbocycles. The third kappa shape index (κ3) is 2.02. The molecule has 2 heteroatoms. The largest absolute Gasteiger partial charge is 0.0766 e. The second-order valence-corrected chi connectivity index (χ2v) is 18.9. The summed E-state index contributed by atoms with van der Waals surface area (Å²) in [4.78, 5) is 0. The zero-order valence-electron chi connectivity index (χ0n) is 10.2. The van der Waals surface area contributed by atoms with Gasteiger partial charge in [-0.1, -0.05) is 54.6 Å². The summed E-state index contributed by atoms with van der Waals surface area (Å²) in [5.41, 5.74) is 0. The van der Waals surface area contributed by atoms with E-state index < -0.39 is 7.59 Å². The Bertz CT molecular complexity index is 134. The molecule has 12 heavy (non-hydrogen) atoms. The molecule has 0 fully saturated rings. The van der Waals surface area contributed by atoms with Gasteiger partial charge in [-0.05, 0) is 10.1 Å². The molecule has 0 aromatic rings. The molecule has 0 radical (unpaired) electrons. The maximum absolute atomic E-state index is 2.61. The van der Waals surface area contributed by atoms with Crippen molar-refractivity contribution in [2.45, 2.75) is 64.7 Å². The van der Waals surface area contributed by atoms with Gasteiger partial charge in [0.2, 0.25) is 0 Å². The third-order valence-electron chi connectivity index (χ3n) is 4.02. The van der Waals surface area contributed by atoms with Crippen molar-refractivity contribution in [1.82, 2.24) is 0 Å². The van der Waals surface area contributed by atoms with E-state index in [0.717, 1.165) is 0 Å². The van der Waals surface area contributed by atoms with Gasteiger partial charge >= 0.3 is 0 Å². The first-order chi connectivity index (χ1) is 5.06. The van der Waals surface area contributed by atoms with Crippen molar-refractivity contribution in [3.8, 4) is 0 Å². The number of hydrogen-bond donors (Lipinski definition) is 0. The van der Waals surface area contributed by atoms with Crippen LogP contribution in [0.15, 0.2) is 0 Å². The van der Waals surface area contributed by atoms with Crippen molar-refractivity contribution in [1.29, 1.82) is 0 Å². The minimum atomic E-state index is -0.988. The molecular weight excluding hydrogens is 176 g/mol. The topological polar surface area (TPSA) is 0 Å². The number of rotatable bonds is 1. The zero-order valence-corrected chi connectivity index (χ0v) is 12.6. The molecule has 0 saturated carbocycles. The van der Waals surface area contributed by atoms with E-state index in [1.807, 2.05) is 0 Å². The molecule has 0 heterocycles. The molecule has 0 saturated heterocycles. The average Bonchev–Trinajstić information content (AvgIpc) is 1.81. The minimum Gasteiger partial charge on any atom is -0.0766 e. The van der Waals surface area contributed by atoms with Gasteiger partial charge in [0.05, 0.1) is 0 Å². The van der Waals surface area contributed by atoms with Crippen LogP contribution >= 0.6 is 0 Å². The van der Waals surface area contributed by atoms with Crippen LogP contribution in [0.5, 0.6) is 0 Å². The molecule has 0 nitrogen and oxygen atoms in total. The van der Waals surface area contributed by atoms with Crippen LogP contribution in [0.3, 0.4) is 0 Å². The Kier molecular flexibility index (Phi) is 3.41. The third-order valence-corrected chi connectivity index (χ3v) is 22.7. The molecule has 74 valence electrons. The van der Waals surface area contributed by atoms with Crippen LogP contribution in [0.1, 0.15) is 41.5 Å². The predicted molar refractivity (Wildman–Crippen MR) is 65.5 cm³/mol. The molecule has 0 aliphatic heterocycles. The first-order valence-electron chi connectivity index (χ1n) is 5.06. The summed E-state index contributed by atoms with van der Waals surface area (Å²) in [5.74, 6) is 0. The monoisotopic (exact) mass is 202 g/mol. The van der Waals surface area contributed by atoms with E-state index in [0.29, 0.717) is 10.1 Å². The van der Waals surface area contributed by atoms with Crippen molar-refractivity contribution in [3.05, 3.63) is 0 Å². The summed E-state index contributed by atoms with van der Waals surface area (Å²) >= 11 is 0. The molecule has 0 N–H and O–H groups in total. The van der Waals surface area contributed by atoms with E-state index in [9.17, 15) is 0 Å². The normalized spacial score (nSPS) is 16.0. The second-order valence-electron chi connectivity index (χ2n) is 6.19. The Balaban J connectivity index is 4.95. The van der Waals surface area contributed by atoms with Gasteiger partial charge in [-0.25, -0.2) is 0 Å². The van der Waals surface area contributed by atoms with Crippen LogP contribution in [0, 0.1) is 0 Å². The fraction of sp³-hybridized carbons (Fsp3) is 1.00. The first-order valence-corrected chi connectivity index (χ1v) is 11.3. The highest BCUT2D eigenvalue weighted by Gasteiger charge is 2.46. The van der Waals surface area contributed by atoms with Crippen molar-refractivity contribution in [2.24, 2.45) is 0 Å². The van der Waals surface area contributed by atoms with Crippen molar-refractivity contribution in [3.63, 3.8) is 0 Å². The Morgan fingerprint density at radius 2 is 1.08 bits per heavy atom. The van der Waals surface area contributed by atoms with Crippen LogP contribution in [-0.2, 0) is 0 Å². The van der Waals surface area contributed by atoms with Gasteiger partial charge in [-0.3, -0.25) is 0 Å². The lowest BCUT2D eigenvalue weighted by Gasteiger charge is -2.49. The molecular formula is C10H26Si2. The van der Waals surface area contributed by atoms with E-state index in [2.05, 4.69) is 54.6 Å². The van der Waals surface area contributed by atoms with Crippen LogP contribution < -0.4 is 0 Å². The predicted octanol–water partition coefficient (Wildman–Crippen LogP) is 3.38. The second kappa shape index (κ2) is 3.30. The van der Waals surface area contributed by atoms with Crippen molar-refractivity contribution < 1.29 is 0 Å². The van der Waals surface area contributed by atoms with Crippen LogP contribution in [0.2, 0.25) is 23.2 Å². The molecule has 0 aliphatic carbocycles. The van der Waals surface area contributed by atoms with Crippen LogP contribution in [-0.4, -0.2) is 16.6 Å². The van der Waals surface area contributed by atoms with E-state index >= 15 is 0 Å². The summed E-state index contributed by atoms with van der Waals surface area (Å²) in [6.45, 7) is 19.8. The molecule has 0 aromatic heterocycles. The smallest absolute Gasteiger partial charge is 0.0474 e. The summed E-state index contributed by atoms with van der Waals surface area (Å²) in [7, 11) is -0.826. The van der Waals surface area contributed by atoms with E-state index in [4.69, 9.17) is 0 Å². The standard InChI is InChI=1S/C10H26Si2/c1-9(2,3)12(8,11-7)10(4,5)6/h11H2,1-8H3. The molecule has 0 atom stereocenters. The lowest BCUT2D eigenvalue weighted by molar-refractivity contribution is 0.636. The molecule has 0 amide bonds. The summed E-state index contributed by atoms with van der Waals surface area (Å²) in [5, 5.41) is 1.18. The van der Waals surface area contributed by atoms with Gasteiger partial charge in [0.15, 0.2) is 0 Å². The zero-order chi connectivity index (χ0) is 10.2. The first kappa shape index (κ1) is 12.4. The van der Waals surface area contributed by atoms with E-state index in [1.165, 1.54) is 0 Å². The highest BCUT2D eigenvalue weighted by Crippen LogP contribution is 2.49. The maximum atomic E-state index is 2.61. The lowest BCUT2D eigenvalue weighted by Crippen LogP contribution is -2.53. The minimum absolute atomic E-state index is 0.162. The Morgan fingerprint density at radius 1 is 0.833 bits per heavy atom. The fourth-order valence-electron chi connectivity index (χ4n) is 2.19. The van der Waals surface area contributed by atoms with Crippen molar-refractivity contribution >= 4 is 16.6 Å². The average molecular weight is 202 g/mol. The summed E-state index contributed by atoms with van der Waals surface area (Å²) in [6, 6.07) is 0. The van der Waals surface area contributed by atoms with Gasteiger partial charge in [0, 0.05) is 16.6 Å². The molecule has 0 aliphatic rings. The van der Waals surface area contributed by atoms with Crippen molar-refractivity contribution in [2.75, 3.05) is 0 Å². The van der Waals surface area contributed by atoms with E-state index in [-0.39, 0.29) is 9.04 Å². The molecule has 0 unspecified atom stereocenters. The highest BCUT2D eigenvalue weighted by atomic mass is 29.2. The molecule has 0 rings (SSSR count). The van der Waals surface area contributed by atoms with Gasteiger partial charge in [-0.15, -0.1) is 0 Å². The lowest BCUT2D eigenvalue weighted by atomic mass is 10.2. The van der Waals surface area contributed by atoms with Crippen LogP contribution in [0.4, 0.5) is 0 Å². The Morgan fingerprint density at radius 3 is 1.08 bits per heavy atom. The molecule has 0 spiro atoms. The fourth-order valence-corrected chi connectivity index (χ4v) is 12.9. The van der Waals surface area contributed by atoms with E-state index in [1.54, 1.807) is 0 Å². The van der Waals surface area contributed by atoms with Gasteiger partial charge < -0.3 is 0 Å². The van der Waals surface area contributed by atoms with Gasteiger partial charge in [-0.2, -0.15) is 0 Å². The maximum Gasteiger partial charge on any atom is 0.0474 e. The summed E-state index contributed by atoms with van der Waals surface area (Å²) < 4.78 is 0. The Labute approximate surface area is 81.8 Å². The van der Waals surface area contributed by atoms with Gasteiger partial charge in [0.25, 0.3) is 0 Å². The van der Waals surface area contributed by atoms with Gasteiger partial charge in [0.1, 0.15) is 0 Å². The molecule has 0 bridgehead atoms. The number of hydrogen-bond acceptors (Lipinski definition) is 0. The SMILES string of the molecule is C[SiH2][Si](C)(C(C)(C)C)C(C)(C)C. The van der Waals surface area contributed by atoms with Crippen LogP contribution in [0.25, 0.3) is 0 Å².